The van der Waals surface area contributed by atoms with Crippen LogP contribution in [0.3, 0.4) is 0 Å². The quantitative estimate of drug-likeness (QED) is 0.562. The molecule has 2 atom stereocenters. The fraction of sp³-hybridized carbons (Fsp3) is 1.00. The first kappa shape index (κ1) is 5.83. The van der Waals surface area contributed by atoms with Crippen LogP contribution in [0.4, 0.5) is 0 Å². The summed E-state index contributed by atoms with van der Waals surface area (Å²) in [4.78, 5) is 0. The normalized spacial score (nSPS) is 38.6. The van der Waals surface area contributed by atoms with Gasteiger partial charge < -0.3 is 0 Å². The highest BCUT2D eigenvalue weighted by Crippen LogP contribution is 2.38. The lowest BCUT2D eigenvalue weighted by atomic mass is 10.9. The summed E-state index contributed by atoms with van der Waals surface area (Å²) in [6.07, 6.45) is 1.33. The molecular weight excluding hydrogens is 124 g/mol. The van der Waals surface area contributed by atoms with Gasteiger partial charge in [0.15, 0.2) is 0 Å². The Morgan fingerprint density at radius 3 is 2.57 bits per heavy atom. The van der Waals surface area contributed by atoms with Crippen molar-refractivity contribution in [2.24, 2.45) is 0 Å². The van der Waals surface area contributed by atoms with E-state index in [1.807, 2.05) is 11.8 Å². The number of hydrogen-bond donors (Lipinski definition) is 1. The molecule has 0 bridgehead atoms. The van der Waals surface area contributed by atoms with E-state index in [9.17, 15) is 0 Å². The molecule has 7 heavy (non-hydrogen) atoms. The molecule has 0 amide bonds. The van der Waals surface area contributed by atoms with Crippen molar-refractivity contribution < 1.29 is 0 Å². The summed E-state index contributed by atoms with van der Waals surface area (Å²) in [6, 6.07) is 0. The van der Waals surface area contributed by atoms with Crippen molar-refractivity contribution in [3.8, 4) is 0 Å². The lowest BCUT2D eigenvalue weighted by Gasteiger charge is -1.87. The molecule has 0 aromatic carbocycles. The van der Waals surface area contributed by atoms with Gasteiger partial charge in [0.1, 0.15) is 0 Å². The Morgan fingerprint density at radius 1 is 1.86 bits per heavy atom. The summed E-state index contributed by atoms with van der Waals surface area (Å²) in [5.74, 6) is 1.25. The first-order chi connectivity index (χ1) is 3.34. The highest BCUT2D eigenvalue weighted by Gasteiger charge is 2.33. The molecule has 0 aliphatic heterocycles. The van der Waals surface area contributed by atoms with Crippen LogP contribution in [0.15, 0.2) is 0 Å². The van der Waals surface area contributed by atoms with Gasteiger partial charge in [-0.2, -0.15) is 24.4 Å². The zero-order valence-electron chi connectivity index (χ0n) is 4.42. The molecule has 0 heterocycles. The predicted molar refractivity (Wildman–Crippen MR) is 39.3 cm³/mol. The summed E-state index contributed by atoms with van der Waals surface area (Å²) in [6.45, 7) is 2.20. The van der Waals surface area contributed by atoms with Crippen molar-refractivity contribution >= 4 is 24.4 Å². The average molecular weight is 134 g/mol. The molecule has 1 fully saturated rings. The first-order valence-corrected chi connectivity index (χ1v) is 4.20. The lowest BCUT2D eigenvalue weighted by molar-refractivity contribution is 1.45. The van der Waals surface area contributed by atoms with Gasteiger partial charge >= 0.3 is 0 Å². The van der Waals surface area contributed by atoms with E-state index in [1.165, 1.54) is 12.2 Å². The largest absolute Gasteiger partial charge is 0.175 e. The van der Waals surface area contributed by atoms with E-state index in [0.29, 0.717) is 0 Å². The number of thioether (sulfide) groups is 1. The zero-order chi connectivity index (χ0) is 5.28. The Kier molecular flexibility index (Phi) is 1.93. The van der Waals surface area contributed by atoms with Gasteiger partial charge in [0.25, 0.3) is 0 Å². The van der Waals surface area contributed by atoms with E-state index in [2.05, 4.69) is 19.6 Å². The number of thiol groups is 1. The highest BCUT2D eigenvalue weighted by molar-refractivity contribution is 8.01. The summed E-state index contributed by atoms with van der Waals surface area (Å²) in [7, 11) is 0. The summed E-state index contributed by atoms with van der Waals surface area (Å²) in [5.41, 5.74) is 0. The standard InChI is InChI=1S/C5H10S2/c1-2-7-5-3-4(5)6/h4-6H,2-3H2,1H3. The molecule has 1 saturated carbocycles. The first-order valence-electron chi connectivity index (χ1n) is 2.64. The van der Waals surface area contributed by atoms with Gasteiger partial charge in [-0.25, -0.2) is 0 Å². The van der Waals surface area contributed by atoms with E-state index in [-0.39, 0.29) is 0 Å². The fourth-order valence-electron chi connectivity index (χ4n) is 0.553. The van der Waals surface area contributed by atoms with Crippen molar-refractivity contribution in [3.63, 3.8) is 0 Å². The Labute approximate surface area is 54.5 Å². The number of hydrogen-bond acceptors (Lipinski definition) is 2. The molecule has 0 saturated heterocycles. The minimum Gasteiger partial charge on any atom is -0.175 e. The maximum absolute atomic E-state index is 4.29. The molecule has 42 valence electrons. The smallest absolute Gasteiger partial charge is 0.0175 e. The molecule has 2 unspecified atom stereocenters. The van der Waals surface area contributed by atoms with Crippen LogP contribution in [0.2, 0.25) is 0 Å². The minimum atomic E-state index is 0.727. The van der Waals surface area contributed by atoms with Gasteiger partial charge in [-0.3, -0.25) is 0 Å². The van der Waals surface area contributed by atoms with E-state index in [1.54, 1.807) is 0 Å². The summed E-state index contributed by atoms with van der Waals surface area (Å²) < 4.78 is 0. The maximum atomic E-state index is 4.29. The van der Waals surface area contributed by atoms with Crippen molar-refractivity contribution in [1.29, 1.82) is 0 Å². The molecule has 1 aliphatic rings. The van der Waals surface area contributed by atoms with Crippen LogP contribution in [0.5, 0.6) is 0 Å². The van der Waals surface area contributed by atoms with Crippen molar-refractivity contribution in [3.05, 3.63) is 0 Å². The second kappa shape index (κ2) is 2.31. The van der Waals surface area contributed by atoms with Gasteiger partial charge in [0.05, 0.1) is 0 Å². The minimum absolute atomic E-state index is 0.727. The second-order valence-corrected chi connectivity index (χ2v) is 3.98. The van der Waals surface area contributed by atoms with Gasteiger partial charge in [-0.05, 0) is 12.2 Å². The Bertz CT molecular complexity index is 63.1. The van der Waals surface area contributed by atoms with Crippen LogP contribution in [0.25, 0.3) is 0 Å². The molecule has 0 aromatic rings. The molecule has 1 aliphatic carbocycles. The molecule has 0 N–H and O–H groups in total. The molecule has 0 nitrogen and oxygen atoms in total. The second-order valence-electron chi connectivity index (χ2n) is 1.80. The molecule has 2 heteroatoms. The van der Waals surface area contributed by atoms with Gasteiger partial charge in [-0.1, -0.05) is 6.92 Å². The van der Waals surface area contributed by atoms with Crippen LogP contribution in [0, 0.1) is 0 Å². The van der Waals surface area contributed by atoms with Crippen molar-refractivity contribution in [1.82, 2.24) is 0 Å². The van der Waals surface area contributed by atoms with Gasteiger partial charge in [-0.15, -0.1) is 0 Å². The van der Waals surface area contributed by atoms with Crippen molar-refractivity contribution in [2.75, 3.05) is 5.75 Å². The van der Waals surface area contributed by atoms with E-state index >= 15 is 0 Å². The van der Waals surface area contributed by atoms with Crippen LogP contribution in [0.1, 0.15) is 13.3 Å². The maximum Gasteiger partial charge on any atom is 0.0175 e. The Morgan fingerprint density at radius 2 is 2.43 bits per heavy atom. The lowest BCUT2D eigenvalue weighted by Crippen LogP contribution is -1.77. The third-order valence-corrected chi connectivity index (χ3v) is 3.14. The van der Waals surface area contributed by atoms with E-state index < -0.39 is 0 Å². The predicted octanol–water partition coefficient (Wildman–Crippen LogP) is 1.81. The summed E-state index contributed by atoms with van der Waals surface area (Å²) in [5, 5.41) is 1.62. The molecule has 0 radical (unpaired) electrons. The van der Waals surface area contributed by atoms with Crippen LogP contribution >= 0.6 is 24.4 Å². The van der Waals surface area contributed by atoms with Crippen LogP contribution < -0.4 is 0 Å². The third kappa shape index (κ3) is 1.57. The molecule has 0 aromatic heterocycles. The topological polar surface area (TPSA) is 0 Å². The van der Waals surface area contributed by atoms with Gasteiger partial charge in [0.2, 0.25) is 0 Å². The fourth-order valence-corrected chi connectivity index (χ4v) is 2.17. The molecule has 0 spiro atoms. The highest BCUT2D eigenvalue weighted by atomic mass is 32.2. The van der Waals surface area contributed by atoms with E-state index in [0.717, 1.165) is 10.5 Å². The Balaban J connectivity index is 1.98. The third-order valence-electron chi connectivity index (χ3n) is 1.08. The van der Waals surface area contributed by atoms with Gasteiger partial charge in [0, 0.05) is 10.5 Å². The summed E-state index contributed by atoms with van der Waals surface area (Å²) >= 11 is 6.31. The monoisotopic (exact) mass is 134 g/mol. The van der Waals surface area contributed by atoms with E-state index in [4.69, 9.17) is 0 Å². The zero-order valence-corrected chi connectivity index (χ0v) is 6.14. The SMILES string of the molecule is CCSC1CC1S. The number of rotatable bonds is 2. The molecule has 1 rings (SSSR count). The van der Waals surface area contributed by atoms with Crippen LogP contribution in [-0.4, -0.2) is 16.3 Å². The Hall–Kier alpha value is 0.700. The average Bonchev–Trinajstić information content (AvgIpc) is 2.22. The molecular formula is C5H10S2. The van der Waals surface area contributed by atoms with Crippen LogP contribution in [-0.2, 0) is 0 Å². The van der Waals surface area contributed by atoms with Crippen molar-refractivity contribution in [2.45, 2.75) is 23.8 Å².